The lowest BCUT2D eigenvalue weighted by molar-refractivity contribution is 0.295. The zero-order valence-electron chi connectivity index (χ0n) is 9.03. The molecule has 0 spiro atoms. The first-order valence-electron chi connectivity index (χ1n) is 5.16. The van der Waals surface area contributed by atoms with Gasteiger partial charge in [0.15, 0.2) is 0 Å². The van der Waals surface area contributed by atoms with Crippen molar-refractivity contribution >= 4 is 0 Å². The van der Waals surface area contributed by atoms with Crippen LogP contribution in [0.15, 0.2) is 18.3 Å². The molecule has 0 aliphatic rings. The molecule has 1 aromatic heterocycles. The van der Waals surface area contributed by atoms with Gasteiger partial charge < -0.3 is 5.73 Å². The van der Waals surface area contributed by atoms with Gasteiger partial charge in [0.1, 0.15) is 0 Å². The van der Waals surface area contributed by atoms with E-state index in [-0.39, 0.29) is 0 Å². The second-order valence-electron chi connectivity index (χ2n) is 3.32. The molecule has 0 unspecified atom stereocenters. The number of rotatable bonds is 5. The largest absolute Gasteiger partial charge is 0.325 e. The topological polar surface area (TPSA) is 42.2 Å². The van der Waals surface area contributed by atoms with Crippen LogP contribution in [0.4, 0.5) is 0 Å². The lowest BCUT2D eigenvalue weighted by Crippen LogP contribution is -2.22. The Bertz CT molecular complexity index is 269. The van der Waals surface area contributed by atoms with Crippen molar-refractivity contribution in [3.63, 3.8) is 0 Å². The molecule has 1 heterocycles. The zero-order chi connectivity index (χ0) is 10.4. The van der Waals surface area contributed by atoms with Gasteiger partial charge in [0.05, 0.1) is 5.69 Å². The number of nitrogens with two attached hydrogens (primary N) is 1. The van der Waals surface area contributed by atoms with E-state index in [1.54, 1.807) is 0 Å². The second kappa shape index (κ2) is 5.73. The molecule has 0 aliphatic heterocycles. The molecule has 0 saturated heterocycles. The summed E-state index contributed by atoms with van der Waals surface area (Å²) in [6.45, 7) is 8.02. The van der Waals surface area contributed by atoms with Crippen LogP contribution < -0.4 is 5.73 Å². The summed E-state index contributed by atoms with van der Waals surface area (Å²) in [6, 6.07) is 4.13. The third-order valence-electron chi connectivity index (χ3n) is 2.39. The van der Waals surface area contributed by atoms with Gasteiger partial charge in [0, 0.05) is 19.3 Å². The van der Waals surface area contributed by atoms with Crippen LogP contribution in [0.1, 0.15) is 25.1 Å². The van der Waals surface area contributed by atoms with Crippen LogP contribution in [-0.4, -0.2) is 23.0 Å². The van der Waals surface area contributed by atoms with Crippen molar-refractivity contribution in [2.24, 2.45) is 5.73 Å². The highest BCUT2D eigenvalue weighted by Crippen LogP contribution is 2.05. The van der Waals surface area contributed by atoms with E-state index in [2.05, 4.69) is 35.9 Å². The minimum atomic E-state index is 0.520. The van der Waals surface area contributed by atoms with Gasteiger partial charge in [0.25, 0.3) is 0 Å². The third-order valence-corrected chi connectivity index (χ3v) is 2.39. The maximum absolute atomic E-state index is 5.54. The molecule has 1 aromatic rings. The summed E-state index contributed by atoms with van der Waals surface area (Å²) in [6.07, 6.45) is 1.83. The third kappa shape index (κ3) is 3.09. The van der Waals surface area contributed by atoms with Crippen LogP contribution in [-0.2, 0) is 13.1 Å². The first-order valence-corrected chi connectivity index (χ1v) is 5.16. The minimum absolute atomic E-state index is 0.520. The van der Waals surface area contributed by atoms with E-state index in [0.717, 1.165) is 25.3 Å². The maximum Gasteiger partial charge on any atom is 0.0542 e. The fourth-order valence-corrected chi connectivity index (χ4v) is 1.44. The van der Waals surface area contributed by atoms with Crippen LogP contribution >= 0.6 is 0 Å². The highest BCUT2D eigenvalue weighted by molar-refractivity contribution is 5.16. The Kier molecular flexibility index (Phi) is 4.56. The van der Waals surface area contributed by atoms with Gasteiger partial charge >= 0.3 is 0 Å². The molecule has 3 heteroatoms. The molecule has 0 amide bonds. The maximum atomic E-state index is 5.54. The number of pyridine rings is 1. The number of hydrogen-bond acceptors (Lipinski definition) is 3. The predicted octanol–water partition coefficient (Wildman–Crippen LogP) is 1.38. The fourth-order valence-electron chi connectivity index (χ4n) is 1.44. The van der Waals surface area contributed by atoms with Gasteiger partial charge in [0.2, 0.25) is 0 Å². The SMILES string of the molecule is CCN(CC)Cc1ccnc(CN)c1. The van der Waals surface area contributed by atoms with Crippen molar-refractivity contribution in [1.29, 1.82) is 0 Å². The monoisotopic (exact) mass is 193 g/mol. The van der Waals surface area contributed by atoms with Crippen molar-refractivity contribution in [3.8, 4) is 0 Å². The summed E-state index contributed by atoms with van der Waals surface area (Å²) < 4.78 is 0. The van der Waals surface area contributed by atoms with Crippen molar-refractivity contribution in [3.05, 3.63) is 29.6 Å². The number of nitrogens with zero attached hydrogens (tertiary/aromatic N) is 2. The van der Waals surface area contributed by atoms with Crippen molar-refractivity contribution in [2.45, 2.75) is 26.9 Å². The van der Waals surface area contributed by atoms with Gasteiger partial charge in [-0.25, -0.2) is 0 Å². The van der Waals surface area contributed by atoms with E-state index >= 15 is 0 Å². The summed E-state index contributed by atoms with van der Waals surface area (Å²) in [5, 5.41) is 0. The summed E-state index contributed by atoms with van der Waals surface area (Å²) in [4.78, 5) is 6.54. The molecule has 0 aliphatic carbocycles. The van der Waals surface area contributed by atoms with Crippen LogP contribution in [0, 0.1) is 0 Å². The first kappa shape index (κ1) is 11.1. The van der Waals surface area contributed by atoms with Crippen LogP contribution in [0.2, 0.25) is 0 Å². The van der Waals surface area contributed by atoms with E-state index in [1.165, 1.54) is 5.56 Å². The Morgan fingerprint density at radius 1 is 1.36 bits per heavy atom. The molecule has 0 radical (unpaired) electrons. The van der Waals surface area contributed by atoms with E-state index in [4.69, 9.17) is 5.73 Å². The Labute approximate surface area is 85.9 Å². The summed E-state index contributed by atoms with van der Waals surface area (Å²) in [7, 11) is 0. The molecular formula is C11H19N3. The van der Waals surface area contributed by atoms with Gasteiger partial charge in [-0.05, 0) is 30.8 Å². The van der Waals surface area contributed by atoms with Crippen LogP contribution in [0.25, 0.3) is 0 Å². The summed E-state index contributed by atoms with van der Waals surface area (Å²) in [5.41, 5.74) is 7.80. The van der Waals surface area contributed by atoms with Crippen molar-refractivity contribution in [1.82, 2.24) is 9.88 Å². The lowest BCUT2D eigenvalue weighted by Gasteiger charge is -2.17. The Hall–Kier alpha value is -0.930. The highest BCUT2D eigenvalue weighted by atomic mass is 15.1. The molecule has 0 aromatic carbocycles. The quantitative estimate of drug-likeness (QED) is 0.768. The average Bonchev–Trinajstić information content (AvgIpc) is 2.26. The lowest BCUT2D eigenvalue weighted by atomic mass is 10.2. The molecule has 2 N–H and O–H groups in total. The van der Waals surface area contributed by atoms with Crippen molar-refractivity contribution in [2.75, 3.05) is 13.1 Å². The second-order valence-corrected chi connectivity index (χ2v) is 3.32. The predicted molar refractivity (Wildman–Crippen MR) is 58.8 cm³/mol. The van der Waals surface area contributed by atoms with E-state index in [9.17, 15) is 0 Å². The van der Waals surface area contributed by atoms with E-state index in [0.29, 0.717) is 6.54 Å². The van der Waals surface area contributed by atoms with Crippen LogP contribution in [0.5, 0.6) is 0 Å². The molecule has 0 bridgehead atoms. The number of hydrogen-bond donors (Lipinski definition) is 1. The average molecular weight is 193 g/mol. The van der Waals surface area contributed by atoms with E-state index < -0.39 is 0 Å². The minimum Gasteiger partial charge on any atom is -0.325 e. The zero-order valence-corrected chi connectivity index (χ0v) is 9.03. The van der Waals surface area contributed by atoms with Gasteiger partial charge in [-0.2, -0.15) is 0 Å². The summed E-state index contributed by atoms with van der Waals surface area (Å²) in [5.74, 6) is 0. The van der Waals surface area contributed by atoms with Crippen LogP contribution in [0.3, 0.4) is 0 Å². The Morgan fingerprint density at radius 2 is 2.07 bits per heavy atom. The Balaban J connectivity index is 2.65. The van der Waals surface area contributed by atoms with Crippen molar-refractivity contribution < 1.29 is 0 Å². The molecular weight excluding hydrogens is 174 g/mol. The molecule has 3 nitrogen and oxygen atoms in total. The van der Waals surface area contributed by atoms with Gasteiger partial charge in [-0.3, -0.25) is 9.88 Å². The van der Waals surface area contributed by atoms with Gasteiger partial charge in [-0.1, -0.05) is 13.8 Å². The molecule has 14 heavy (non-hydrogen) atoms. The molecule has 0 fully saturated rings. The number of aromatic nitrogens is 1. The molecule has 0 saturated carbocycles. The normalized spacial score (nSPS) is 10.9. The smallest absolute Gasteiger partial charge is 0.0542 e. The van der Waals surface area contributed by atoms with E-state index in [1.807, 2.05) is 6.20 Å². The standard InChI is InChI=1S/C11H19N3/c1-3-14(4-2)9-10-5-6-13-11(7-10)8-12/h5-7H,3-4,8-9,12H2,1-2H3. The van der Waals surface area contributed by atoms with Gasteiger partial charge in [-0.15, -0.1) is 0 Å². The Morgan fingerprint density at radius 3 is 2.64 bits per heavy atom. The summed E-state index contributed by atoms with van der Waals surface area (Å²) >= 11 is 0. The first-order chi connectivity index (χ1) is 6.80. The highest BCUT2D eigenvalue weighted by Gasteiger charge is 2.01. The molecule has 1 rings (SSSR count). The molecule has 78 valence electrons. The fraction of sp³-hybridized carbons (Fsp3) is 0.545. The molecule has 0 atom stereocenters.